The maximum Gasteiger partial charge on any atom is 0.417 e. The molecule has 0 saturated carbocycles. The first-order chi connectivity index (χ1) is 8.82. The lowest BCUT2D eigenvalue weighted by molar-refractivity contribution is -0.137. The second-order valence-electron chi connectivity index (χ2n) is 4.39. The molecule has 0 aromatic heterocycles. The van der Waals surface area contributed by atoms with Gasteiger partial charge in [-0.1, -0.05) is 11.6 Å². The van der Waals surface area contributed by atoms with E-state index in [2.05, 4.69) is 0 Å². The Morgan fingerprint density at radius 2 is 2.05 bits per heavy atom. The number of alkyl halides is 4. The normalized spacial score (nSPS) is 20.2. The van der Waals surface area contributed by atoms with Crippen LogP contribution in [0.2, 0.25) is 5.02 Å². The molecule has 0 spiro atoms. The molecule has 104 valence electrons. The van der Waals surface area contributed by atoms with E-state index in [-0.39, 0.29) is 11.8 Å². The summed E-state index contributed by atoms with van der Waals surface area (Å²) in [5.74, 6) is 0.216. The molecule has 1 aromatic carbocycles. The fourth-order valence-corrected chi connectivity index (χ4v) is 2.52. The maximum absolute atomic E-state index is 12.6. The minimum atomic E-state index is -4.50. The Morgan fingerprint density at radius 1 is 1.37 bits per heavy atom. The van der Waals surface area contributed by atoms with Gasteiger partial charge in [0, 0.05) is 24.5 Å². The van der Waals surface area contributed by atoms with Gasteiger partial charge in [0.2, 0.25) is 5.91 Å². The number of carbonyl (C=O) groups is 1. The van der Waals surface area contributed by atoms with E-state index in [1.165, 1.54) is 17.0 Å². The maximum atomic E-state index is 12.6. The molecule has 2 nitrogen and oxygen atoms in total. The topological polar surface area (TPSA) is 20.3 Å². The number of rotatable bonds is 2. The summed E-state index contributed by atoms with van der Waals surface area (Å²) in [5, 5.41) is -0.410. The predicted octanol–water partition coefficient (Wildman–Crippen LogP) is 3.95. The van der Waals surface area contributed by atoms with Gasteiger partial charge in [0.25, 0.3) is 0 Å². The van der Waals surface area contributed by atoms with Crippen molar-refractivity contribution in [2.75, 3.05) is 17.3 Å². The average Bonchev–Trinajstić information content (AvgIpc) is 2.68. The molecule has 2 rings (SSSR count). The Balaban J connectivity index is 2.28. The smallest absolute Gasteiger partial charge is 0.312 e. The molecular formula is C12H10Cl2F3NO. The second kappa shape index (κ2) is 5.21. The Kier molecular flexibility index (Phi) is 3.97. The summed E-state index contributed by atoms with van der Waals surface area (Å²) in [6.45, 7) is 0.407. The number of amides is 1. The first-order valence-electron chi connectivity index (χ1n) is 5.56. The molecule has 1 heterocycles. The summed E-state index contributed by atoms with van der Waals surface area (Å²) in [4.78, 5) is 13.2. The highest BCUT2D eigenvalue weighted by molar-refractivity contribution is 6.31. The standard InChI is InChI=1S/C12H10Cl2F3NO/c13-5-7-3-11(19)18(6-7)8-1-2-9(10(14)4-8)12(15,16)17/h1-2,4,7H,3,5-6H2. The molecule has 1 aromatic rings. The Labute approximate surface area is 118 Å². The van der Waals surface area contributed by atoms with Gasteiger partial charge in [0.15, 0.2) is 0 Å². The molecule has 19 heavy (non-hydrogen) atoms. The van der Waals surface area contributed by atoms with Crippen molar-refractivity contribution < 1.29 is 18.0 Å². The van der Waals surface area contributed by atoms with Crippen LogP contribution in [0.3, 0.4) is 0 Å². The first-order valence-corrected chi connectivity index (χ1v) is 6.47. The van der Waals surface area contributed by atoms with Gasteiger partial charge in [-0.15, -0.1) is 11.6 Å². The van der Waals surface area contributed by atoms with Gasteiger partial charge in [-0.2, -0.15) is 13.2 Å². The summed E-state index contributed by atoms with van der Waals surface area (Å²) in [6, 6.07) is 3.31. The molecule has 0 radical (unpaired) electrons. The number of anilines is 1. The zero-order chi connectivity index (χ0) is 14.2. The van der Waals surface area contributed by atoms with Crippen LogP contribution in [0.1, 0.15) is 12.0 Å². The van der Waals surface area contributed by atoms with Crippen LogP contribution < -0.4 is 4.90 Å². The van der Waals surface area contributed by atoms with Gasteiger partial charge in [0.05, 0.1) is 10.6 Å². The van der Waals surface area contributed by atoms with E-state index in [9.17, 15) is 18.0 Å². The zero-order valence-electron chi connectivity index (χ0n) is 9.68. The Morgan fingerprint density at radius 3 is 2.53 bits per heavy atom. The van der Waals surface area contributed by atoms with Crippen molar-refractivity contribution in [2.45, 2.75) is 12.6 Å². The highest BCUT2D eigenvalue weighted by Crippen LogP contribution is 2.37. The van der Waals surface area contributed by atoms with E-state index in [0.717, 1.165) is 6.07 Å². The van der Waals surface area contributed by atoms with Gasteiger partial charge < -0.3 is 4.90 Å². The number of halogens is 5. The van der Waals surface area contributed by atoms with E-state index in [1.54, 1.807) is 0 Å². The zero-order valence-corrected chi connectivity index (χ0v) is 11.2. The van der Waals surface area contributed by atoms with Crippen LogP contribution in [-0.2, 0) is 11.0 Å². The van der Waals surface area contributed by atoms with Crippen LogP contribution in [-0.4, -0.2) is 18.3 Å². The van der Waals surface area contributed by atoms with Crippen molar-refractivity contribution in [3.05, 3.63) is 28.8 Å². The van der Waals surface area contributed by atoms with E-state index in [1.807, 2.05) is 0 Å². The Bertz CT molecular complexity index is 504. The lowest BCUT2D eigenvalue weighted by Crippen LogP contribution is -2.24. The summed E-state index contributed by atoms with van der Waals surface area (Å²) in [6.07, 6.45) is -4.19. The van der Waals surface area contributed by atoms with Crippen LogP contribution in [0.25, 0.3) is 0 Å². The molecule has 1 fully saturated rings. The third-order valence-corrected chi connectivity index (χ3v) is 3.74. The van der Waals surface area contributed by atoms with Gasteiger partial charge in [-0.25, -0.2) is 0 Å². The quantitative estimate of drug-likeness (QED) is 0.757. The van der Waals surface area contributed by atoms with Crippen molar-refractivity contribution in [1.29, 1.82) is 0 Å². The predicted molar refractivity (Wildman–Crippen MR) is 67.6 cm³/mol. The fraction of sp³-hybridized carbons (Fsp3) is 0.417. The van der Waals surface area contributed by atoms with Gasteiger partial charge in [-0.3, -0.25) is 4.79 Å². The summed E-state index contributed by atoms with van der Waals surface area (Å²) in [5.41, 5.74) is -0.533. The van der Waals surface area contributed by atoms with Gasteiger partial charge in [0.1, 0.15) is 0 Å². The minimum Gasteiger partial charge on any atom is -0.312 e. The van der Waals surface area contributed by atoms with Crippen LogP contribution >= 0.6 is 23.2 Å². The molecule has 0 N–H and O–H groups in total. The summed E-state index contributed by atoms with van der Waals surface area (Å²) >= 11 is 11.3. The molecule has 1 aliphatic rings. The van der Waals surface area contributed by atoms with Crippen molar-refractivity contribution in [3.8, 4) is 0 Å². The molecule has 1 unspecified atom stereocenters. The third-order valence-electron chi connectivity index (χ3n) is 2.99. The molecular weight excluding hydrogens is 302 g/mol. The molecule has 1 aliphatic heterocycles. The molecule has 1 amide bonds. The third kappa shape index (κ3) is 2.98. The van der Waals surface area contributed by atoms with Crippen LogP contribution in [0.15, 0.2) is 18.2 Å². The highest BCUT2D eigenvalue weighted by atomic mass is 35.5. The van der Waals surface area contributed by atoms with Crippen molar-refractivity contribution in [1.82, 2.24) is 0 Å². The second-order valence-corrected chi connectivity index (χ2v) is 5.11. The van der Waals surface area contributed by atoms with E-state index in [4.69, 9.17) is 23.2 Å². The SMILES string of the molecule is O=C1CC(CCl)CN1c1ccc(C(F)(F)F)c(Cl)c1. The number of nitrogens with zero attached hydrogens (tertiary/aromatic N) is 1. The van der Waals surface area contributed by atoms with E-state index in [0.29, 0.717) is 24.5 Å². The van der Waals surface area contributed by atoms with Gasteiger partial charge in [-0.05, 0) is 24.1 Å². The number of carbonyl (C=O) groups excluding carboxylic acids is 1. The molecule has 1 saturated heterocycles. The molecule has 0 aliphatic carbocycles. The van der Waals surface area contributed by atoms with Crippen LogP contribution in [0.4, 0.5) is 18.9 Å². The van der Waals surface area contributed by atoms with E-state index < -0.39 is 16.8 Å². The molecule has 1 atom stereocenters. The minimum absolute atomic E-state index is 0.0234. The lowest BCUT2D eigenvalue weighted by Gasteiger charge is -2.18. The average molecular weight is 312 g/mol. The number of hydrogen-bond donors (Lipinski definition) is 0. The van der Waals surface area contributed by atoms with E-state index >= 15 is 0 Å². The monoisotopic (exact) mass is 311 g/mol. The number of benzene rings is 1. The molecule has 0 bridgehead atoms. The largest absolute Gasteiger partial charge is 0.417 e. The van der Waals surface area contributed by atoms with Crippen LogP contribution in [0.5, 0.6) is 0 Å². The highest BCUT2D eigenvalue weighted by Gasteiger charge is 2.35. The number of hydrogen-bond acceptors (Lipinski definition) is 1. The van der Waals surface area contributed by atoms with Gasteiger partial charge >= 0.3 is 6.18 Å². The van der Waals surface area contributed by atoms with Crippen molar-refractivity contribution in [3.63, 3.8) is 0 Å². The Hall–Kier alpha value is -0.940. The fourth-order valence-electron chi connectivity index (χ4n) is 2.04. The van der Waals surface area contributed by atoms with Crippen LogP contribution in [0, 0.1) is 5.92 Å². The lowest BCUT2D eigenvalue weighted by atomic mass is 10.1. The summed E-state index contributed by atoms with van der Waals surface area (Å²) < 4.78 is 37.7. The summed E-state index contributed by atoms with van der Waals surface area (Å²) in [7, 11) is 0. The van der Waals surface area contributed by atoms with Crippen molar-refractivity contribution >= 4 is 34.8 Å². The molecule has 7 heteroatoms. The first kappa shape index (κ1) is 14.5. The van der Waals surface area contributed by atoms with Crippen molar-refractivity contribution in [2.24, 2.45) is 5.92 Å².